The van der Waals surface area contributed by atoms with Gasteiger partial charge in [-0.25, -0.2) is 15.0 Å². The number of methoxy groups -OCH3 is 1. The Morgan fingerprint density at radius 2 is 2.12 bits per heavy atom. The second-order valence-corrected chi connectivity index (χ2v) is 6.79. The molecule has 2 saturated heterocycles. The third-order valence-electron chi connectivity index (χ3n) is 4.49. The minimum Gasteiger partial charge on any atom is -0.481 e. The molecule has 0 spiro atoms. The van der Waals surface area contributed by atoms with Crippen molar-refractivity contribution in [1.29, 1.82) is 0 Å². The summed E-state index contributed by atoms with van der Waals surface area (Å²) in [5, 5.41) is 3.27. The summed E-state index contributed by atoms with van der Waals surface area (Å²) in [7, 11) is 1.62. The van der Waals surface area contributed by atoms with Gasteiger partial charge in [0, 0.05) is 31.1 Å². The monoisotopic (exact) mass is 347 g/mol. The van der Waals surface area contributed by atoms with Gasteiger partial charge in [0.25, 0.3) is 0 Å². The molecule has 2 aromatic rings. The number of morpholine rings is 1. The summed E-state index contributed by atoms with van der Waals surface area (Å²) in [5.74, 6) is 1.42. The first-order chi connectivity index (χ1) is 11.8. The van der Waals surface area contributed by atoms with Crippen LogP contribution in [0.4, 0.5) is 10.9 Å². The first-order valence-corrected chi connectivity index (χ1v) is 9.14. The van der Waals surface area contributed by atoms with Crippen LogP contribution >= 0.6 is 11.3 Å². The molecule has 0 saturated carbocycles. The Kier molecular flexibility index (Phi) is 4.48. The molecule has 0 radical (unpaired) electrons. The van der Waals surface area contributed by atoms with E-state index in [0.29, 0.717) is 19.1 Å². The molecule has 4 heterocycles. The van der Waals surface area contributed by atoms with Crippen molar-refractivity contribution in [2.24, 2.45) is 0 Å². The number of anilines is 2. The van der Waals surface area contributed by atoms with Crippen LogP contribution in [0, 0.1) is 0 Å². The van der Waals surface area contributed by atoms with Gasteiger partial charge < -0.3 is 19.3 Å². The Hall–Kier alpha value is -1.93. The van der Waals surface area contributed by atoms with Gasteiger partial charge in [0.1, 0.15) is 12.1 Å². The minimum absolute atomic E-state index is 0.0750. The zero-order valence-electron chi connectivity index (χ0n) is 13.7. The molecule has 128 valence electrons. The average Bonchev–Trinajstić information content (AvgIpc) is 3.33. The molecule has 1 atom stereocenters. The Labute approximate surface area is 145 Å². The molecule has 0 N–H and O–H groups in total. The van der Waals surface area contributed by atoms with E-state index in [1.54, 1.807) is 18.4 Å². The molecular formula is C16H21N5O2S. The van der Waals surface area contributed by atoms with E-state index in [1.165, 1.54) is 19.2 Å². The third-order valence-corrected chi connectivity index (χ3v) is 5.41. The average molecular weight is 347 g/mol. The molecule has 7 nitrogen and oxygen atoms in total. The molecule has 8 heteroatoms. The van der Waals surface area contributed by atoms with Crippen LogP contribution in [-0.4, -0.2) is 54.9 Å². The molecule has 2 aliphatic rings. The normalized spacial score (nSPS) is 21.3. The third kappa shape index (κ3) is 3.03. The standard InChI is InChI=1S/C16H21N5O2S/c1-22-15-8-14(17-11-18-15)21-6-7-23-9-13(21)12-10-24-16(19-12)20-4-2-3-5-20/h8,10-11,13H,2-7,9H2,1H3/t13-/m1/s1. The number of hydrogen-bond donors (Lipinski definition) is 0. The highest BCUT2D eigenvalue weighted by molar-refractivity contribution is 7.13. The molecular weight excluding hydrogens is 326 g/mol. The molecule has 24 heavy (non-hydrogen) atoms. The molecule has 0 unspecified atom stereocenters. The lowest BCUT2D eigenvalue weighted by Crippen LogP contribution is -2.40. The van der Waals surface area contributed by atoms with Crippen LogP contribution in [0.3, 0.4) is 0 Å². The van der Waals surface area contributed by atoms with Gasteiger partial charge in [0.05, 0.1) is 32.1 Å². The van der Waals surface area contributed by atoms with Gasteiger partial charge in [-0.05, 0) is 12.8 Å². The van der Waals surface area contributed by atoms with Crippen LogP contribution in [0.2, 0.25) is 0 Å². The fraction of sp³-hybridized carbons (Fsp3) is 0.562. The summed E-state index contributed by atoms with van der Waals surface area (Å²) in [5.41, 5.74) is 1.05. The Balaban J connectivity index is 1.59. The van der Waals surface area contributed by atoms with Crippen LogP contribution in [0.1, 0.15) is 24.6 Å². The summed E-state index contributed by atoms with van der Waals surface area (Å²) >= 11 is 1.72. The van der Waals surface area contributed by atoms with E-state index in [2.05, 4.69) is 25.1 Å². The SMILES string of the molecule is COc1cc(N2CCOC[C@@H]2c2csc(N3CCCC3)n2)ncn1. The summed E-state index contributed by atoms with van der Waals surface area (Å²) < 4.78 is 10.9. The van der Waals surface area contributed by atoms with Crippen LogP contribution in [0.5, 0.6) is 5.88 Å². The molecule has 0 aromatic carbocycles. The number of nitrogens with zero attached hydrogens (tertiary/aromatic N) is 5. The molecule has 0 aliphatic carbocycles. The van der Waals surface area contributed by atoms with E-state index in [0.717, 1.165) is 36.3 Å². The van der Waals surface area contributed by atoms with Gasteiger partial charge in [0.2, 0.25) is 5.88 Å². The highest BCUT2D eigenvalue weighted by atomic mass is 32.1. The highest BCUT2D eigenvalue weighted by Crippen LogP contribution is 2.33. The van der Waals surface area contributed by atoms with Crippen molar-refractivity contribution in [1.82, 2.24) is 15.0 Å². The van der Waals surface area contributed by atoms with Crippen molar-refractivity contribution >= 4 is 22.3 Å². The summed E-state index contributed by atoms with van der Waals surface area (Å²) in [6, 6.07) is 1.94. The van der Waals surface area contributed by atoms with Crippen molar-refractivity contribution in [3.05, 3.63) is 23.5 Å². The van der Waals surface area contributed by atoms with Gasteiger partial charge >= 0.3 is 0 Å². The number of aromatic nitrogens is 3. The fourth-order valence-corrected chi connectivity index (χ4v) is 4.13. The molecule has 4 rings (SSSR count). The molecule has 2 aliphatic heterocycles. The van der Waals surface area contributed by atoms with E-state index >= 15 is 0 Å². The van der Waals surface area contributed by atoms with E-state index in [-0.39, 0.29) is 6.04 Å². The fourth-order valence-electron chi connectivity index (χ4n) is 3.20. The van der Waals surface area contributed by atoms with Gasteiger partial charge in [-0.2, -0.15) is 0 Å². The quantitative estimate of drug-likeness (QED) is 0.839. The first-order valence-electron chi connectivity index (χ1n) is 8.26. The van der Waals surface area contributed by atoms with Gasteiger partial charge in [-0.1, -0.05) is 0 Å². The van der Waals surface area contributed by atoms with Crippen LogP contribution in [0.15, 0.2) is 17.8 Å². The molecule has 2 aromatic heterocycles. The van der Waals surface area contributed by atoms with Gasteiger partial charge in [-0.3, -0.25) is 0 Å². The maximum absolute atomic E-state index is 5.71. The van der Waals surface area contributed by atoms with Crippen LogP contribution in [-0.2, 0) is 4.74 Å². The Morgan fingerprint density at radius 3 is 2.96 bits per heavy atom. The van der Waals surface area contributed by atoms with Crippen LogP contribution < -0.4 is 14.5 Å². The second kappa shape index (κ2) is 6.90. The molecule has 0 bridgehead atoms. The highest BCUT2D eigenvalue weighted by Gasteiger charge is 2.29. The predicted molar refractivity (Wildman–Crippen MR) is 93.1 cm³/mol. The summed E-state index contributed by atoms with van der Waals surface area (Å²) in [6.07, 6.45) is 4.06. The Morgan fingerprint density at radius 1 is 1.25 bits per heavy atom. The first kappa shape index (κ1) is 15.6. The lowest BCUT2D eigenvalue weighted by molar-refractivity contribution is 0.0927. The smallest absolute Gasteiger partial charge is 0.218 e. The number of hydrogen-bond acceptors (Lipinski definition) is 8. The lowest BCUT2D eigenvalue weighted by Gasteiger charge is -2.35. The number of ether oxygens (including phenoxy) is 2. The summed E-state index contributed by atoms with van der Waals surface area (Å²) in [4.78, 5) is 18.0. The number of rotatable bonds is 4. The van der Waals surface area contributed by atoms with Crippen molar-refractivity contribution in [2.45, 2.75) is 18.9 Å². The predicted octanol–water partition coefficient (Wildman–Crippen LogP) is 2.12. The zero-order valence-corrected chi connectivity index (χ0v) is 14.5. The lowest BCUT2D eigenvalue weighted by atomic mass is 10.2. The largest absolute Gasteiger partial charge is 0.481 e. The van der Waals surface area contributed by atoms with E-state index in [4.69, 9.17) is 14.5 Å². The topological polar surface area (TPSA) is 63.6 Å². The van der Waals surface area contributed by atoms with Crippen molar-refractivity contribution in [3.63, 3.8) is 0 Å². The van der Waals surface area contributed by atoms with E-state index < -0.39 is 0 Å². The van der Waals surface area contributed by atoms with Crippen molar-refractivity contribution in [3.8, 4) is 5.88 Å². The minimum atomic E-state index is 0.0750. The van der Waals surface area contributed by atoms with Crippen molar-refractivity contribution < 1.29 is 9.47 Å². The summed E-state index contributed by atoms with van der Waals surface area (Å²) in [6.45, 7) is 4.31. The Bertz CT molecular complexity index is 689. The molecule has 0 amide bonds. The van der Waals surface area contributed by atoms with Crippen LogP contribution in [0.25, 0.3) is 0 Å². The van der Waals surface area contributed by atoms with Gasteiger partial charge in [0.15, 0.2) is 5.13 Å². The van der Waals surface area contributed by atoms with Crippen molar-refractivity contribution in [2.75, 3.05) is 49.8 Å². The number of thiazole rings is 1. The maximum Gasteiger partial charge on any atom is 0.218 e. The second-order valence-electron chi connectivity index (χ2n) is 5.95. The maximum atomic E-state index is 5.71. The zero-order chi connectivity index (χ0) is 16.4. The van der Waals surface area contributed by atoms with Gasteiger partial charge in [-0.15, -0.1) is 11.3 Å². The van der Waals surface area contributed by atoms with E-state index in [9.17, 15) is 0 Å². The molecule has 2 fully saturated rings. The van der Waals surface area contributed by atoms with E-state index in [1.807, 2.05) is 6.07 Å².